The molecule has 0 radical (unpaired) electrons. The van der Waals surface area contributed by atoms with Gasteiger partial charge in [-0.1, -0.05) is 0 Å². The molecule has 0 unspecified atom stereocenters. The van der Waals surface area contributed by atoms with Gasteiger partial charge in [0.15, 0.2) is 0 Å². The van der Waals surface area contributed by atoms with Crippen molar-refractivity contribution in [1.82, 2.24) is 0 Å². The van der Waals surface area contributed by atoms with Crippen molar-refractivity contribution >= 4 is 18.4 Å². The van der Waals surface area contributed by atoms with Gasteiger partial charge in [0, 0.05) is 0 Å². The SMILES string of the molecule is CC1=C2C(C)=[C](C1)[Ti+2][C]1=C(C)C(=C(C)C1)[Si]2(c1ccccc1)c1ccccc1.[Cl-].[Cl-]. The van der Waals surface area contributed by atoms with E-state index in [0.29, 0.717) is 0 Å². The van der Waals surface area contributed by atoms with Crippen molar-refractivity contribution in [2.24, 2.45) is 0 Å². The fourth-order valence-corrected chi connectivity index (χ4v) is 14.9. The summed E-state index contributed by atoms with van der Waals surface area (Å²) >= 11 is -0.158. The number of allylic oxidation sites excluding steroid dienone is 8. The fraction of sp³-hybridized carbons (Fsp3) is 0.231. The first kappa shape index (κ1) is 23.6. The van der Waals surface area contributed by atoms with Crippen LogP contribution in [-0.4, -0.2) is 8.07 Å². The Morgan fingerprint density at radius 3 is 1.33 bits per heavy atom. The van der Waals surface area contributed by atoms with E-state index in [1.54, 1.807) is 50.8 Å². The Balaban J connectivity index is 0.00000128. The van der Waals surface area contributed by atoms with Crippen LogP contribution in [0.1, 0.15) is 40.5 Å². The summed E-state index contributed by atoms with van der Waals surface area (Å²) in [6.45, 7) is 9.71. The van der Waals surface area contributed by atoms with Crippen LogP contribution in [0.3, 0.4) is 0 Å². The molecule has 2 aliphatic carbocycles. The zero-order valence-corrected chi connectivity index (χ0v) is 22.0. The standard InChI is InChI=1S/C26H26Si.2ClH.Ti/c1-19-15-16-20(2)25(19)27(23-11-7-5-8-12-23,24-13-9-6-10-14-24)26-21(3)17-18-22(26)4;;;/h5-14H,15,17H2,1-4H3;2*1H;/q;;;+2/p-2. The van der Waals surface area contributed by atoms with Crippen LogP contribution in [0.2, 0.25) is 0 Å². The van der Waals surface area contributed by atoms with Crippen molar-refractivity contribution in [3.8, 4) is 0 Å². The van der Waals surface area contributed by atoms with Crippen LogP contribution >= 0.6 is 0 Å². The van der Waals surface area contributed by atoms with E-state index in [9.17, 15) is 0 Å². The first-order chi connectivity index (χ1) is 13.5. The van der Waals surface area contributed by atoms with Crippen LogP contribution in [0.25, 0.3) is 0 Å². The predicted molar refractivity (Wildman–Crippen MR) is 118 cm³/mol. The minimum atomic E-state index is -2.28. The Morgan fingerprint density at radius 2 is 0.967 bits per heavy atom. The smallest absolute Gasteiger partial charge is 1.00 e. The minimum Gasteiger partial charge on any atom is -1.00 e. The molecule has 0 aromatic heterocycles. The number of benzene rings is 2. The number of halogens is 2. The molecule has 0 spiro atoms. The van der Waals surface area contributed by atoms with E-state index in [2.05, 4.69) is 88.4 Å². The molecule has 0 fully saturated rings. The van der Waals surface area contributed by atoms with Gasteiger partial charge in [0.05, 0.1) is 0 Å². The molecule has 1 aliphatic heterocycles. The number of hydrogen-bond donors (Lipinski definition) is 0. The van der Waals surface area contributed by atoms with Gasteiger partial charge in [0.25, 0.3) is 0 Å². The average Bonchev–Trinajstić information content (AvgIpc) is 3.17. The largest absolute Gasteiger partial charge is 1.00 e. The molecule has 152 valence electrons. The van der Waals surface area contributed by atoms with E-state index in [0.717, 1.165) is 0 Å². The monoisotopic (exact) mass is 484 g/mol. The van der Waals surface area contributed by atoms with Crippen molar-refractivity contribution in [2.45, 2.75) is 40.5 Å². The predicted octanol–water partition coefficient (Wildman–Crippen LogP) is -0.579. The summed E-state index contributed by atoms with van der Waals surface area (Å²) in [6.07, 6.45) is 2.44. The molecule has 5 rings (SSSR count). The maximum atomic E-state index is 2.44. The van der Waals surface area contributed by atoms with Crippen molar-refractivity contribution in [1.29, 1.82) is 0 Å². The Bertz CT molecular complexity index is 1020. The summed E-state index contributed by atoms with van der Waals surface area (Å²) in [7, 11) is -2.28. The second-order valence-corrected chi connectivity index (χ2v) is 14.4. The first-order valence-electron chi connectivity index (χ1n) is 10.2. The van der Waals surface area contributed by atoms with Gasteiger partial charge in [-0.2, -0.15) is 0 Å². The third-order valence-electron chi connectivity index (χ3n) is 6.86. The quantitative estimate of drug-likeness (QED) is 0.500. The zero-order chi connectivity index (χ0) is 19.5. The summed E-state index contributed by atoms with van der Waals surface area (Å²) < 4.78 is 3.58. The second kappa shape index (κ2) is 8.81. The van der Waals surface area contributed by atoms with Gasteiger partial charge in [-0.05, 0) is 0 Å². The van der Waals surface area contributed by atoms with Crippen LogP contribution in [-0.2, 0) is 19.2 Å². The van der Waals surface area contributed by atoms with Gasteiger partial charge in [0.2, 0.25) is 0 Å². The number of fused-ring (bicyclic) bond motifs is 2. The molecule has 4 bridgehead atoms. The minimum absolute atomic E-state index is 0. The topological polar surface area (TPSA) is 0 Å². The van der Waals surface area contributed by atoms with E-state index in [-0.39, 0.29) is 44.0 Å². The van der Waals surface area contributed by atoms with E-state index in [1.807, 2.05) is 0 Å². The van der Waals surface area contributed by atoms with Gasteiger partial charge in [-0.15, -0.1) is 0 Å². The number of hydrogen-bond acceptors (Lipinski definition) is 0. The molecule has 0 amide bonds. The van der Waals surface area contributed by atoms with Gasteiger partial charge in [-0.3, -0.25) is 0 Å². The van der Waals surface area contributed by atoms with Crippen molar-refractivity contribution in [3.63, 3.8) is 0 Å². The molecule has 0 saturated heterocycles. The maximum Gasteiger partial charge on any atom is -1.00 e. The Hall–Kier alpha value is -1.09. The van der Waals surface area contributed by atoms with E-state index < -0.39 is 8.07 Å². The average molecular weight is 485 g/mol. The molecule has 30 heavy (non-hydrogen) atoms. The van der Waals surface area contributed by atoms with E-state index >= 15 is 0 Å². The first-order valence-corrected chi connectivity index (χ1v) is 13.8. The Morgan fingerprint density at radius 1 is 0.600 bits per heavy atom. The molecule has 4 heteroatoms. The van der Waals surface area contributed by atoms with Gasteiger partial charge >= 0.3 is 179 Å². The molecular formula is C26H26Cl2SiTi. The van der Waals surface area contributed by atoms with Crippen LogP contribution < -0.4 is 35.2 Å². The zero-order valence-electron chi connectivity index (χ0n) is 17.9. The maximum absolute atomic E-state index is 2.44. The van der Waals surface area contributed by atoms with Crippen molar-refractivity contribution in [2.75, 3.05) is 0 Å². The van der Waals surface area contributed by atoms with Gasteiger partial charge < -0.3 is 24.8 Å². The fourth-order valence-electron chi connectivity index (χ4n) is 5.82. The Labute approximate surface area is 203 Å². The molecule has 1 heterocycles. The molecule has 2 aromatic carbocycles. The van der Waals surface area contributed by atoms with E-state index in [4.69, 9.17) is 0 Å². The van der Waals surface area contributed by atoms with Gasteiger partial charge in [-0.25, -0.2) is 0 Å². The second-order valence-electron chi connectivity index (χ2n) is 8.48. The summed E-state index contributed by atoms with van der Waals surface area (Å²) in [5, 5.41) is 6.54. The summed E-state index contributed by atoms with van der Waals surface area (Å²) in [5.74, 6) is 0. The molecule has 3 aliphatic rings. The third kappa shape index (κ3) is 3.22. The normalized spacial score (nSPS) is 18.9. The molecule has 0 saturated carbocycles. The molecule has 0 N–H and O–H groups in total. The summed E-state index contributed by atoms with van der Waals surface area (Å²) in [4.78, 5) is 0. The number of rotatable bonds is 2. The van der Waals surface area contributed by atoms with Gasteiger partial charge in [0.1, 0.15) is 0 Å². The van der Waals surface area contributed by atoms with Crippen molar-refractivity contribution < 1.29 is 44.0 Å². The molecule has 0 nitrogen and oxygen atoms in total. The Kier molecular flexibility index (Phi) is 6.92. The third-order valence-corrected chi connectivity index (χ3v) is 15.0. The molecular weight excluding hydrogens is 459 g/mol. The van der Waals surface area contributed by atoms with Crippen molar-refractivity contribution in [3.05, 3.63) is 101 Å². The van der Waals surface area contributed by atoms with Crippen LogP contribution in [0.5, 0.6) is 0 Å². The molecule has 2 aromatic rings. The molecule has 0 atom stereocenters. The van der Waals surface area contributed by atoms with Crippen LogP contribution in [0.15, 0.2) is 101 Å². The van der Waals surface area contributed by atoms with Crippen LogP contribution in [0, 0.1) is 0 Å². The van der Waals surface area contributed by atoms with E-state index in [1.165, 1.54) is 12.8 Å². The summed E-state index contributed by atoms with van der Waals surface area (Å²) in [5.41, 5.74) is 6.57. The summed E-state index contributed by atoms with van der Waals surface area (Å²) in [6, 6.07) is 23.0. The van der Waals surface area contributed by atoms with Crippen LogP contribution in [0.4, 0.5) is 0 Å².